The van der Waals surface area contributed by atoms with Gasteiger partial charge in [-0.05, 0) is 24.7 Å². The Hall–Kier alpha value is -0.0500. The van der Waals surface area contributed by atoms with Crippen LogP contribution in [-0.2, 0) is 9.84 Å². The van der Waals surface area contributed by atoms with E-state index in [1.807, 2.05) is 13.8 Å². The van der Waals surface area contributed by atoms with Crippen molar-refractivity contribution in [3.05, 3.63) is 0 Å². The van der Waals surface area contributed by atoms with E-state index in [-0.39, 0.29) is 22.3 Å². The van der Waals surface area contributed by atoms with Gasteiger partial charge in [0.05, 0.1) is 10.5 Å². The average Bonchev–Trinajstić information content (AvgIpc) is 2.29. The Balaban J connectivity index is 5.19. The third kappa shape index (κ3) is 3.97. The van der Waals surface area contributed by atoms with Crippen molar-refractivity contribution in [3.63, 3.8) is 0 Å². The van der Waals surface area contributed by atoms with Gasteiger partial charge in [0.15, 0.2) is 9.84 Å². The van der Waals surface area contributed by atoms with Gasteiger partial charge < -0.3 is 0 Å². The molecular weight excluding hydrogens is 232 g/mol. The van der Waals surface area contributed by atoms with E-state index in [9.17, 15) is 8.42 Å². The zero-order valence-electron chi connectivity index (χ0n) is 12.4. The lowest BCUT2D eigenvalue weighted by molar-refractivity contribution is 0.443. The molecule has 104 valence electrons. The number of hydrogen-bond acceptors (Lipinski definition) is 2. The van der Waals surface area contributed by atoms with Crippen LogP contribution in [-0.4, -0.2) is 18.9 Å². The molecule has 0 radical (unpaired) electrons. The van der Waals surface area contributed by atoms with Gasteiger partial charge in [-0.2, -0.15) is 0 Å². The summed E-state index contributed by atoms with van der Waals surface area (Å²) in [6, 6.07) is 0. The molecule has 0 heterocycles. The first-order chi connectivity index (χ1) is 7.86. The van der Waals surface area contributed by atoms with Crippen LogP contribution in [0.1, 0.15) is 67.2 Å². The molecule has 0 saturated carbocycles. The van der Waals surface area contributed by atoms with Gasteiger partial charge in [-0.15, -0.1) is 0 Å². The second-order valence-electron chi connectivity index (χ2n) is 5.25. The molecule has 0 aliphatic rings. The Kier molecular flexibility index (Phi) is 7.38. The van der Waals surface area contributed by atoms with E-state index in [1.165, 1.54) is 0 Å². The Bertz CT molecular complexity index is 271. The summed E-state index contributed by atoms with van der Waals surface area (Å²) in [6.07, 6.45) is 3.36. The van der Waals surface area contributed by atoms with Gasteiger partial charge in [0.2, 0.25) is 0 Å². The molecule has 4 atom stereocenters. The van der Waals surface area contributed by atoms with Crippen LogP contribution < -0.4 is 0 Å². The molecule has 0 aromatic carbocycles. The monoisotopic (exact) mass is 262 g/mol. The molecule has 17 heavy (non-hydrogen) atoms. The zero-order chi connectivity index (χ0) is 13.6. The normalized spacial score (nSPS) is 19.6. The van der Waals surface area contributed by atoms with E-state index in [2.05, 4.69) is 27.7 Å². The SMILES string of the molecule is CCC(C)C(CC)S(=O)(=O)C(CC)C(C)CC. The summed E-state index contributed by atoms with van der Waals surface area (Å²) in [7, 11) is -2.99. The van der Waals surface area contributed by atoms with Gasteiger partial charge in [-0.1, -0.05) is 54.4 Å². The van der Waals surface area contributed by atoms with Gasteiger partial charge in [0, 0.05) is 0 Å². The fourth-order valence-electron chi connectivity index (χ4n) is 2.67. The van der Waals surface area contributed by atoms with E-state index >= 15 is 0 Å². The van der Waals surface area contributed by atoms with Gasteiger partial charge in [0.25, 0.3) is 0 Å². The number of hydrogen-bond donors (Lipinski definition) is 0. The van der Waals surface area contributed by atoms with Crippen molar-refractivity contribution in [2.24, 2.45) is 11.8 Å². The summed E-state index contributed by atoms with van der Waals surface area (Å²) in [6.45, 7) is 12.3. The molecule has 0 aromatic heterocycles. The average molecular weight is 262 g/mol. The van der Waals surface area contributed by atoms with Crippen molar-refractivity contribution < 1.29 is 8.42 Å². The topological polar surface area (TPSA) is 34.1 Å². The fourth-order valence-corrected chi connectivity index (χ4v) is 5.73. The molecule has 0 bridgehead atoms. The van der Waals surface area contributed by atoms with Crippen molar-refractivity contribution in [2.45, 2.75) is 77.7 Å². The molecule has 0 rings (SSSR count). The van der Waals surface area contributed by atoms with Gasteiger partial charge in [0.1, 0.15) is 0 Å². The summed E-state index contributed by atoms with van der Waals surface area (Å²) < 4.78 is 25.4. The van der Waals surface area contributed by atoms with Crippen LogP contribution in [0.2, 0.25) is 0 Å². The van der Waals surface area contributed by atoms with Crippen molar-refractivity contribution in [1.82, 2.24) is 0 Å². The second-order valence-corrected chi connectivity index (χ2v) is 7.64. The van der Waals surface area contributed by atoms with E-state index in [4.69, 9.17) is 0 Å². The molecule has 0 aliphatic carbocycles. The molecule has 0 amide bonds. The minimum atomic E-state index is -2.99. The van der Waals surface area contributed by atoms with Crippen molar-refractivity contribution in [1.29, 1.82) is 0 Å². The van der Waals surface area contributed by atoms with E-state index in [0.29, 0.717) is 0 Å². The van der Waals surface area contributed by atoms with Gasteiger partial charge in [-0.25, -0.2) is 8.42 Å². The van der Waals surface area contributed by atoms with Crippen LogP contribution >= 0.6 is 0 Å². The molecule has 0 saturated heterocycles. The van der Waals surface area contributed by atoms with Crippen LogP contribution in [0.15, 0.2) is 0 Å². The maximum Gasteiger partial charge on any atom is 0.156 e. The van der Waals surface area contributed by atoms with Gasteiger partial charge >= 0.3 is 0 Å². The minimum absolute atomic E-state index is 0.161. The molecule has 2 nitrogen and oxygen atoms in total. The molecule has 0 aliphatic heterocycles. The summed E-state index contributed by atoms with van der Waals surface area (Å²) in [5, 5.41) is -0.321. The molecule has 0 spiro atoms. The highest BCUT2D eigenvalue weighted by atomic mass is 32.2. The maximum absolute atomic E-state index is 12.7. The number of sulfone groups is 1. The van der Waals surface area contributed by atoms with Gasteiger partial charge in [-0.3, -0.25) is 0 Å². The predicted octanol–water partition coefficient (Wildman–Crippen LogP) is 4.05. The summed E-state index contributed by atoms with van der Waals surface area (Å²) >= 11 is 0. The highest BCUT2D eigenvalue weighted by Gasteiger charge is 2.36. The Morgan fingerprint density at radius 1 is 0.706 bits per heavy atom. The van der Waals surface area contributed by atoms with Crippen LogP contribution in [0, 0.1) is 11.8 Å². The molecular formula is C14H30O2S. The van der Waals surface area contributed by atoms with E-state index < -0.39 is 9.84 Å². The maximum atomic E-state index is 12.7. The molecule has 0 aromatic rings. The Morgan fingerprint density at radius 3 is 1.18 bits per heavy atom. The first-order valence-corrected chi connectivity index (χ1v) is 8.70. The molecule has 0 fully saturated rings. The van der Waals surface area contributed by atoms with Crippen LogP contribution in [0.5, 0.6) is 0 Å². The van der Waals surface area contributed by atoms with Crippen molar-refractivity contribution in [2.75, 3.05) is 0 Å². The third-order valence-electron chi connectivity index (χ3n) is 4.21. The predicted molar refractivity (Wildman–Crippen MR) is 76.0 cm³/mol. The second kappa shape index (κ2) is 7.40. The molecule has 0 N–H and O–H groups in total. The Morgan fingerprint density at radius 2 is 1.00 bits per heavy atom. The zero-order valence-corrected chi connectivity index (χ0v) is 13.2. The highest BCUT2D eigenvalue weighted by molar-refractivity contribution is 7.92. The molecule has 4 unspecified atom stereocenters. The number of rotatable bonds is 8. The highest BCUT2D eigenvalue weighted by Crippen LogP contribution is 2.29. The largest absolute Gasteiger partial charge is 0.228 e. The van der Waals surface area contributed by atoms with Crippen LogP contribution in [0.4, 0.5) is 0 Å². The summed E-state index contributed by atoms with van der Waals surface area (Å²) in [5.74, 6) is 0.534. The lowest BCUT2D eigenvalue weighted by Crippen LogP contribution is -2.38. The van der Waals surface area contributed by atoms with E-state index in [0.717, 1.165) is 25.7 Å². The minimum Gasteiger partial charge on any atom is -0.228 e. The molecule has 3 heteroatoms. The van der Waals surface area contributed by atoms with E-state index in [1.54, 1.807) is 0 Å². The first-order valence-electron chi connectivity index (χ1n) is 7.09. The third-order valence-corrected chi connectivity index (χ3v) is 7.49. The van der Waals surface area contributed by atoms with Crippen molar-refractivity contribution >= 4 is 9.84 Å². The Labute approximate surface area is 108 Å². The quantitative estimate of drug-likeness (QED) is 0.661. The summed E-state index contributed by atoms with van der Waals surface area (Å²) in [5.41, 5.74) is 0. The first kappa shape index (κ1) is 16.9. The fraction of sp³-hybridized carbons (Fsp3) is 1.00. The standard InChI is InChI=1S/C14H30O2S/c1-7-11(5)13(9-3)17(15,16)14(10-4)12(6)8-2/h11-14H,7-10H2,1-6H3. The smallest absolute Gasteiger partial charge is 0.156 e. The lowest BCUT2D eigenvalue weighted by Gasteiger charge is -2.29. The summed E-state index contributed by atoms with van der Waals surface area (Å²) in [4.78, 5) is 0. The van der Waals surface area contributed by atoms with Crippen LogP contribution in [0.25, 0.3) is 0 Å². The lowest BCUT2D eigenvalue weighted by atomic mass is 10.0. The van der Waals surface area contributed by atoms with Crippen molar-refractivity contribution in [3.8, 4) is 0 Å². The van der Waals surface area contributed by atoms with Crippen LogP contribution in [0.3, 0.4) is 0 Å².